The molecule has 0 unspecified atom stereocenters. The summed E-state index contributed by atoms with van der Waals surface area (Å²) < 4.78 is 23.7. The van der Waals surface area contributed by atoms with Gasteiger partial charge in [-0.1, -0.05) is 23.7 Å². The summed E-state index contributed by atoms with van der Waals surface area (Å²) in [6, 6.07) is 8.09. The second kappa shape index (κ2) is 3.89. The number of sulfonamides is 1. The minimum atomic E-state index is -3.81. The zero-order chi connectivity index (χ0) is 11.8. The maximum atomic E-state index is 11.3. The molecule has 0 radical (unpaired) electrons. The second-order valence-corrected chi connectivity index (χ2v) is 4.99. The molecule has 2 N–H and O–H groups in total. The van der Waals surface area contributed by atoms with E-state index in [0.717, 1.165) is 0 Å². The van der Waals surface area contributed by atoms with Crippen molar-refractivity contribution in [2.45, 2.75) is 5.03 Å². The van der Waals surface area contributed by atoms with Crippen LogP contribution in [0.25, 0.3) is 5.69 Å². The van der Waals surface area contributed by atoms with Crippen molar-refractivity contribution in [2.75, 3.05) is 0 Å². The molecule has 0 bridgehead atoms. The SMILES string of the molecule is NS(=O)(=O)c1ccnn1-c1ccccc1Cl. The van der Waals surface area contributed by atoms with Gasteiger partial charge in [-0.2, -0.15) is 5.10 Å². The summed E-state index contributed by atoms with van der Waals surface area (Å²) in [6.07, 6.45) is 1.35. The monoisotopic (exact) mass is 257 g/mol. The molecule has 0 spiro atoms. The van der Waals surface area contributed by atoms with Crippen molar-refractivity contribution in [3.05, 3.63) is 41.6 Å². The zero-order valence-electron chi connectivity index (χ0n) is 8.04. The standard InChI is InChI=1S/C9H8ClN3O2S/c10-7-3-1-2-4-8(7)13-9(5-6-12-13)16(11,14)15/h1-6H,(H2,11,14,15). The van der Waals surface area contributed by atoms with Crippen LogP contribution in [0.3, 0.4) is 0 Å². The number of nitrogens with zero attached hydrogens (tertiary/aromatic N) is 2. The lowest BCUT2D eigenvalue weighted by atomic mass is 10.3. The van der Waals surface area contributed by atoms with E-state index in [1.165, 1.54) is 16.9 Å². The first-order valence-electron chi connectivity index (χ1n) is 4.32. The number of nitrogens with two attached hydrogens (primary N) is 1. The van der Waals surface area contributed by atoms with Gasteiger partial charge in [0, 0.05) is 0 Å². The Morgan fingerprint density at radius 2 is 1.94 bits per heavy atom. The topological polar surface area (TPSA) is 78.0 Å². The molecule has 0 amide bonds. The smallest absolute Gasteiger partial charge is 0.223 e. The van der Waals surface area contributed by atoms with E-state index in [1.54, 1.807) is 24.3 Å². The van der Waals surface area contributed by atoms with Gasteiger partial charge in [0.15, 0.2) is 5.03 Å². The Balaban J connectivity index is 2.68. The van der Waals surface area contributed by atoms with Crippen LogP contribution >= 0.6 is 11.6 Å². The molecule has 2 rings (SSSR count). The van der Waals surface area contributed by atoms with Gasteiger partial charge >= 0.3 is 0 Å². The molecule has 0 aliphatic carbocycles. The Morgan fingerprint density at radius 1 is 1.25 bits per heavy atom. The Kier molecular flexibility index (Phi) is 2.71. The van der Waals surface area contributed by atoms with E-state index in [2.05, 4.69) is 5.10 Å². The summed E-state index contributed by atoms with van der Waals surface area (Å²) in [5, 5.41) is 9.25. The van der Waals surface area contributed by atoms with Crippen molar-refractivity contribution in [1.29, 1.82) is 0 Å². The van der Waals surface area contributed by atoms with Crippen molar-refractivity contribution < 1.29 is 8.42 Å². The molecule has 84 valence electrons. The molecule has 1 aromatic carbocycles. The highest BCUT2D eigenvalue weighted by Gasteiger charge is 2.16. The molecule has 0 saturated carbocycles. The van der Waals surface area contributed by atoms with Gasteiger partial charge in [-0.05, 0) is 18.2 Å². The molecule has 7 heteroatoms. The van der Waals surface area contributed by atoms with Gasteiger partial charge in [0.1, 0.15) is 0 Å². The molecule has 0 aliphatic rings. The third kappa shape index (κ3) is 1.95. The van der Waals surface area contributed by atoms with Crippen molar-refractivity contribution in [3.8, 4) is 5.69 Å². The number of hydrogen-bond acceptors (Lipinski definition) is 3. The molecular weight excluding hydrogens is 250 g/mol. The molecule has 1 aromatic heterocycles. The molecular formula is C9H8ClN3O2S. The number of aromatic nitrogens is 2. The van der Waals surface area contributed by atoms with Crippen LogP contribution in [0.4, 0.5) is 0 Å². The van der Waals surface area contributed by atoms with E-state index in [-0.39, 0.29) is 5.03 Å². The zero-order valence-corrected chi connectivity index (χ0v) is 9.61. The van der Waals surface area contributed by atoms with Gasteiger partial charge in [0.25, 0.3) is 10.0 Å². The third-order valence-corrected chi connectivity index (χ3v) is 3.19. The first-order valence-corrected chi connectivity index (χ1v) is 6.24. The lowest BCUT2D eigenvalue weighted by Gasteiger charge is -2.06. The number of benzene rings is 1. The first-order chi connectivity index (χ1) is 7.50. The van der Waals surface area contributed by atoms with Crippen LogP contribution in [0.2, 0.25) is 5.02 Å². The molecule has 0 aliphatic heterocycles. The Morgan fingerprint density at radius 3 is 2.56 bits per heavy atom. The minimum Gasteiger partial charge on any atom is -0.223 e. The fourth-order valence-corrected chi connectivity index (χ4v) is 2.16. The number of halogens is 1. The predicted octanol–water partition coefficient (Wildman–Crippen LogP) is 1.17. The van der Waals surface area contributed by atoms with Crippen molar-refractivity contribution >= 4 is 21.6 Å². The summed E-state index contributed by atoms with van der Waals surface area (Å²) in [7, 11) is -3.81. The number of rotatable bonds is 2. The average molecular weight is 258 g/mol. The number of para-hydroxylation sites is 1. The molecule has 0 saturated heterocycles. The van der Waals surface area contributed by atoms with Crippen LogP contribution < -0.4 is 5.14 Å². The highest BCUT2D eigenvalue weighted by atomic mass is 35.5. The largest absolute Gasteiger partial charge is 0.255 e. The van der Waals surface area contributed by atoms with E-state index >= 15 is 0 Å². The van der Waals surface area contributed by atoms with Crippen LogP contribution in [0, 0.1) is 0 Å². The normalized spacial score (nSPS) is 11.6. The van der Waals surface area contributed by atoms with Gasteiger partial charge in [-0.15, -0.1) is 0 Å². The van der Waals surface area contributed by atoms with Crippen molar-refractivity contribution in [1.82, 2.24) is 9.78 Å². The highest BCUT2D eigenvalue weighted by molar-refractivity contribution is 7.89. The number of primary sulfonamides is 1. The van der Waals surface area contributed by atoms with Crippen LogP contribution in [0.15, 0.2) is 41.6 Å². The van der Waals surface area contributed by atoms with Crippen LogP contribution in [-0.4, -0.2) is 18.2 Å². The third-order valence-electron chi connectivity index (χ3n) is 1.98. The van der Waals surface area contributed by atoms with Gasteiger partial charge in [-0.3, -0.25) is 0 Å². The molecule has 0 atom stereocenters. The van der Waals surface area contributed by atoms with E-state index in [0.29, 0.717) is 10.7 Å². The molecule has 0 fully saturated rings. The van der Waals surface area contributed by atoms with E-state index in [4.69, 9.17) is 16.7 Å². The quantitative estimate of drug-likeness (QED) is 0.877. The number of hydrogen-bond donors (Lipinski definition) is 1. The Labute approximate surface area is 97.5 Å². The second-order valence-electron chi connectivity index (χ2n) is 3.08. The highest BCUT2D eigenvalue weighted by Crippen LogP contribution is 2.21. The lowest BCUT2D eigenvalue weighted by Crippen LogP contribution is -2.17. The van der Waals surface area contributed by atoms with Gasteiger partial charge in [0.2, 0.25) is 0 Å². The van der Waals surface area contributed by atoms with E-state index in [9.17, 15) is 8.42 Å². The maximum Gasteiger partial charge on any atom is 0.255 e. The van der Waals surface area contributed by atoms with Crippen molar-refractivity contribution in [3.63, 3.8) is 0 Å². The molecule has 2 aromatic rings. The van der Waals surface area contributed by atoms with E-state index < -0.39 is 10.0 Å². The van der Waals surface area contributed by atoms with Gasteiger partial charge < -0.3 is 0 Å². The summed E-state index contributed by atoms with van der Waals surface area (Å²) in [5.74, 6) is 0. The fraction of sp³-hybridized carbons (Fsp3) is 0. The van der Waals surface area contributed by atoms with E-state index in [1.807, 2.05) is 0 Å². The van der Waals surface area contributed by atoms with Crippen molar-refractivity contribution in [2.24, 2.45) is 5.14 Å². The summed E-state index contributed by atoms with van der Waals surface area (Å²) in [4.78, 5) is 0. The predicted molar refractivity (Wildman–Crippen MR) is 59.9 cm³/mol. The summed E-state index contributed by atoms with van der Waals surface area (Å²) >= 11 is 5.94. The lowest BCUT2D eigenvalue weighted by molar-refractivity contribution is 0.587. The van der Waals surface area contributed by atoms with Gasteiger partial charge in [-0.25, -0.2) is 18.2 Å². The summed E-state index contributed by atoms with van der Waals surface area (Å²) in [6.45, 7) is 0. The van der Waals surface area contributed by atoms with Crippen LogP contribution in [0.5, 0.6) is 0 Å². The Hall–Kier alpha value is -1.37. The Bertz CT molecular complexity index is 621. The fourth-order valence-electron chi connectivity index (χ4n) is 1.31. The molecule has 16 heavy (non-hydrogen) atoms. The average Bonchev–Trinajstić information content (AvgIpc) is 2.66. The van der Waals surface area contributed by atoms with Crippen LogP contribution in [-0.2, 0) is 10.0 Å². The van der Waals surface area contributed by atoms with Crippen LogP contribution in [0.1, 0.15) is 0 Å². The van der Waals surface area contributed by atoms with Gasteiger partial charge in [0.05, 0.1) is 16.9 Å². The minimum absolute atomic E-state index is 0.0967. The summed E-state index contributed by atoms with van der Waals surface area (Å²) in [5.41, 5.74) is 0.471. The first kappa shape index (κ1) is 11.1. The molecule has 1 heterocycles. The maximum absolute atomic E-state index is 11.3. The molecule has 5 nitrogen and oxygen atoms in total.